The van der Waals surface area contributed by atoms with Crippen LogP contribution in [0, 0.1) is 6.92 Å². The van der Waals surface area contributed by atoms with Crippen LogP contribution in [0.3, 0.4) is 0 Å². The zero-order valence-corrected chi connectivity index (χ0v) is 12.5. The highest BCUT2D eigenvalue weighted by molar-refractivity contribution is 6.31. The highest BCUT2D eigenvalue weighted by Crippen LogP contribution is 2.21. The standard InChI is InChI=1S/C16H20ClNO2/c1-12-9-14(7-8-15(12)17)20-11-16(19)18-10-13-5-3-2-4-6-13/h5,7-9H,2-4,6,10-11H2,1H3,(H,18,19). The molecule has 0 atom stereocenters. The molecule has 20 heavy (non-hydrogen) atoms. The molecule has 1 aliphatic rings. The van der Waals surface area contributed by atoms with Gasteiger partial charge in [-0.15, -0.1) is 0 Å². The molecule has 4 heteroatoms. The molecule has 0 aliphatic heterocycles. The van der Waals surface area contributed by atoms with Crippen molar-refractivity contribution in [3.05, 3.63) is 40.4 Å². The summed E-state index contributed by atoms with van der Waals surface area (Å²) in [7, 11) is 0. The normalized spacial score (nSPS) is 14.6. The fourth-order valence-corrected chi connectivity index (χ4v) is 2.30. The van der Waals surface area contributed by atoms with Crippen molar-refractivity contribution in [3.63, 3.8) is 0 Å². The lowest BCUT2D eigenvalue weighted by Crippen LogP contribution is -2.30. The van der Waals surface area contributed by atoms with Crippen molar-refractivity contribution in [2.45, 2.75) is 32.6 Å². The first kappa shape index (κ1) is 14.9. The lowest BCUT2D eigenvalue weighted by Gasteiger charge is -2.13. The maximum Gasteiger partial charge on any atom is 0.258 e. The van der Waals surface area contributed by atoms with Crippen molar-refractivity contribution in [1.29, 1.82) is 0 Å². The predicted octanol–water partition coefficient (Wildman–Crippen LogP) is 3.64. The Kier molecular flexibility index (Phi) is 5.48. The summed E-state index contributed by atoms with van der Waals surface area (Å²) in [4.78, 5) is 11.7. The van der Waals surface area contributed by atoms with Crippen molar-refractivity contribution in [2.75, 3.05) is 13.2 Å². The molecule has 108 valence electrons. The minimum absolute atomic E-state index is 0.0361. The second kappa shape index (κ2) is 7.34. The third-order valence-corrected chi connectivity index (χ3v) is 3.82. The molecule has 0 radical (unpaired) electrons. The maximum absolute atomic E-state index is 11.7. The Labute approximate surface area is 125 Å². The van der Waals surface area contributed by atoms with E-state index in [9.17, 15) is 4.79 Å². The largest absolute Gasteiger partial charge is 0.484 e. The molecule has 0 saturated heterocycles. The Morgan fingerprint density at radius 1 is 1.40 bits per heavy atom. The lowest BCUT2D eigenvalue weighted by molar-refractivity contribution is -0.122. The van der Waals surface area contributed by atoms with E-state index in [1.807, 2.05) is 13.0 Å². The van der Waals surface area contributed by atoms with Crippen molar-refractivity contribution in [3.8, 4) is 5.75 Å². The molecule has 1 aromatic carbocycles. The number of carbonyl (C=O) groups is 1. The van der Waals surface area contributed by atoms with E-state index in [0.717, 1.165) is 18.4 Å². The molecule has 1 aliphatic carbocycles. The molecule has 0 bridgehead atoms. The van der Waals surface area contributed by atoms with Crippen LogP contribution in [-0.4, -0.2) is 19.1 Å². The average Bonchev–Trinajstić information content (AvgIpc) is 2.47. The van der Waals surface area contributed by atoms with Crippen LogP contribution in [0.4, 0.5) is 0 Å². The third kappa shape index (κ3) is 4.57. The van der Waals surface area contributed by atoms with Gasteiger partial charge in [-0.1, -0.05) is 23.3 Å². The summed E-state index contributed by atoms with van der Waals surface area (Å²) in [6.07, 6.45) is 6.94. The van der Waals surface area contributed by atoms with Gasteiger partial charge in [-0.05, 0) is 56.4 Å². The number of aryl methyl sites for hydroxylation is 1. The predicted molar refractivity (Wildman–Crippen MR) is 81.2 cm³/mol. The van der Waals surface area contributed by atoms with E-state index < -0.39 is 0 Å². The monoisotopic (exact) mass is 293 g/mol. The van der Waals surface area contributed by atoms with Crippen molar-refractivity contribution in [2.24, 2.45) is 0 Å². The van der Waals surface area contributed by atoms with Crippen LogP contribution in [-0.2, 0) is 4.79 Å². The molecule has 3 nitrogen and oxygen atoms in total. The molecule has 0 spiro atoms. The Bertz CT molecular complexity index is 511. The van der Waals surface area contributed by atoms with Crippen LogP contribution in [0.2, 0.25) is 5.02 Å². The van der Waals surface area contributed by atoms with Crippen molar-refractivity contribution >= 4 is 17.5 Å². The molecule has 0 unspecified atom stereocenters. The number of rotatable bonds is 5. The second-order valence-electron chi connectivity index (χ2n) is 5.08. The van der Waals surface area contributed by atoms with Crippen LogP contribution < -0.4 is 10.1 Å². The van der Waals surface area contributed by atoms with Gasteiger partial charge in [-0.3, -0.25) is 4.79 Å². The quantitative estimate of drug-likeness (QED) is 0.842. The molecule has 0 fully saturated rings. The molecule has 2 rings (SSSR count). The fraction of sp³-hybridized carbons (Fsp3) is 0.438. The van der Waals surface area contributed by atoms with E-state index in [1.54, 1.807) is 12.1 Å². The summed E-state index contributed by atoms with van der Waals surface area (Å²) >= 11 is 5.94. The van der Waals surface area contributed by atoms with E-state index in [0.29, 0.717) is 17.3 Å². The summed E-state index contributed by atoms with van der Waals surface area (Å²) in [5.41, 5.74) is 2.27. The van der Waals surface area contributed by atoms with Gasteiger partial charge in [0.2, 0.25) is 0 Å². The maximum atomic E-state index is 11.7. The Balaban J connectivity index is 1.74. The highest BCUT2D eigenvalue weighted by Gasteiger charge is 2.07. The minimum Gasteiger partial charge on any atom is -0.484 e. The zero-order chi connectivity index (χ0) is 14.4. The molecule has 1 aromatic rings. The first-order valence-electron chi connectivity index (χ1n) is 6.99. The van der Waals surface area contributed by atoms with Crippen LogP contribution in [0.1, 0.15) is 31.2 Å². The van der Waals surface area contributed by atoms with Gasteiger partial charge in [0.05, 0.1) is 0 Å². The second-order valence-corrected chi connectivity index (χ2v) is 5.49. The summed E-state index contributed by atoms with van der Waals surface area (Å²) in [5, 5.41) is 3.59. The molecule has 1 amide bonds. The van der Waals surface area contributed by atoms with Crippen LogP contribution in [0.5, 0.6) is 5.75 Å². The smallest absolute Gasteiger partial charge is 0.258 e. The van der Waals surface area contributed by atoms with Crippen LogP contribution in [0.25, 0.3) is 0 Å². The van der Waals surface area contributed by atoms with Crippen LogP contribution in [0.15, 0.2) is 29.8 Å². The molecule has 1 N–H and O–H groups in total. The number of nitrogens with one attached hydrogen (secondary N) is 1. The van der Waals surface area contributed by atoms with Gasteiger partial charge in [0.1, 0.15) is 5.75 Å². The summed E-state index contributed by atoms with van der Waals surface area (Å²) in [6.45, 7) is 2.58. The highest BCUT2D eigenvalue weighted by atomic mass is 35.5. The minimum atomic E-state index is -0.0934. The van der Waals surface area contributed by atoms with E-state index in [2.05, 4.69) is 11.4 Å². The van der Waals surface area contributed by atoms with E-state index >= 15 is 0 Å². The van der Waals surface area contributed by atoms with E-state index in [1.165, 1.54) is 18.4 Å². The Hall–Kier alpha value is -1.48. The Morgan fingerprint density at radius 3 is 2.95 bits per heavy atom. The third-order valence-electron chi connectivity index (χ3n) is 3.40. The Morgan fingerprint density at radius 2 is 2.25 bits per heavy atom. The van der Waals surface area contributed by atoms with Gasteiger partial charge >= 0.3 is 0 Å². The van der Waals surface area contributed by atoms with Crippen molar-refractivity contribution in [1.82, 2.24) is 5.32 Å². The topological polar surface area (TPSA) is 38.3 Å². The number of carbonyl (C=O) groups excluding carboxylic acids is 1. The number of amides is 1. The number of halogens is 1. The van der Waals surface area contributed by atoms with Gasteiger partial charge in [-0.25, -0.2) is 0 Å². The van der Waals surface area contributed by atoms with Gasteiger partial charge in [0.15, 0.2) is 6.61 Å². The molecule has 0 heterocycles. The number of benzene rings is 1. The molecular weight excluding hydrogens is 274 g/mol. The summed E-state index contributed by atoms with van der Waals surface area (Å²) < 4.78 is 5.45. The van der Waals surface area contributed by atoms with Crippen LogP contribution >= 0.6 is 11.6 Å². The number of hydrogen-bond donors (Lipinski definition) is 1. The summed E-state index contributed by atoms with van der Waals surface area (Å²) in [6, 6.07) is 5.38. The first-order chi connectivity index (χ1) is 9.65. The van der Waals surface area contributed by atoms with E-state index in [-0.39, 0.29) is 12.5 Å². The number of ether oxygens (including phenoxy) is 1. The summed E-state index contributed by atoms with van der Waals surface area (Å²) in [5.74, 6) is 0.572. The van der Waals surface area contributed by atoms with Gasteiger partial charge in [-0.2, -0.15) is 0 Å². The van der Waals surface area contributed by atoms with Gasteiger partial charge in [0, 0.05) is 11.6 Å². The number of allylic oxidation sites excluding steroid dienone is 1. The lowest BCUT2D eigenvalue weighted by atomic mass is 10.00. The number of hydrogen-bond acceptors (Lipinski definition) is 2. The van der Waals surface area contributed by atoms with Gasteiger partial charge in [0.25, 0.3) is 5.91 Å². The molecule has 0 aromatic heterocycles. The average molecular weight is 294 g/mol. The SMILES string of the molecule is Cc1cc(OCC(=O)NCC2=CCCCC2)ccc1Cl. The molecule has 0 saturated carbocycles. The van der Waals surface area contributed by atoms with Gasteiger partial charge < -0.3 is 10.1 Å². The first-order valence-corrected chi connectivity index (χ1v) is 7.36. The van der Waals surface area contributed by atoms with Crippen molar-refractivity contribution < 1.29 is 9.53 Å². The fourth-order valence-electron chi connectivity index (χ4n) is 2.18. The zero-order valence-electron chi connectivity index (χ0n) is 11.7. The van der Waals surface area contributed by atoms with E-state index in [4.69, 9.17) is 16.3 Å². The molecular formula is C16H20ClNO2.